The van der Waals surface area contributed by atoms with Crippen molar-refractivity contribution in [2.75, 3.05) is 18.9 Å². The molecular weight excluding hydrogens is 398 g/mol. The lowest BCUT2D eigenvalue weighted by Gasteiger charge is -2.42. The number of nitrogens with two attached hydrogens (primary N) is 1. The summed E-state index contributed by atoms with van der Waals surface area (Å²) in [5.41, 5.74) is 6.14. The maximum atomic E-state index is 6.38. The Morgan fingerprint density at radius 1 is 1.06 bits per heavy atom. The number of rotatable bonds is 5. The highest BCUT2D eigenvalue weighted by atomic mass is 32.1. The third-order valence-corrected chi connectivity index (χ3v) is 7.84. The van der Waals surface area contributed by atoms with Crippen LogP contribution in [0.2, 0.25) is 0 Å². The molecule has 5 rings (SSSR count). The quantitative estimate of drug-likeness (QED) is 0.315. The standard InChI is InChI=1S/C27H33N3S/c1-2-6-19-7-5-8-21(15-19)27(31)22-10-11-26-24(17-22)25(18-30(26)28)20-12-14-29-13-4-3-9-23(29)16-20/h5,7-8,10-11,15,17-18,20,23H,2-4,6,9,12-14,16,28H2,1H3. The minimum atomic E-state index is 0.586. The van der Waals surface area contributed by atoms with Gasteiger partial charge in [0.05, 0.1) is 10.4 Å². The molecule has 0 saturated carbocycles. The molecule has 3 aromatic rings. The van der Waals surface area contributed by atoms with Crippen molar-refractivity contribution in [2.24, 2.45) is 0 Å². The van der Waals surface area contributed by atoms with Gasteiger partial charge in [0.2, 0.25) is 0 Å². The van der Waals surface area contributed by atoms with Crippen LogP contribution >= 0.6 is 12.2 Å². The molecule has 0 spiro atoms. The van der Waals surface area contributed by atoms with Crippen LogP contribution in [0.15, 0.2) is 48.7 Å². The van der Waals surface area contributed by atoms with E-state index in [1.54, 1.807) is 0 Å². The molecule has 3 heterocycles. The lowest BCUT2D eigenvalue weighted by molar-refractivity contribution is 0.0977. The molecule has 162 valence electrons. The van der Waals surface area contributed by atoms with Gasteiger partial charge in [-0.2, -0.15) is 0 Å². The Balaban J connectivity index is 1.47. The Labute approximate surface area is 191 Å². The molecule has 3 nitrogen and oxygen atoms in total. The fourth-order valence-electron chi connectivity index (χ4n) is 5.74. The molecule has 2 atom stereocenters. The summed E-state index contributed by atoms with van der Waals surface area (Å²) in [5.74, 6) is 6.97. The molecule has 31 heavy (non-hydrogen) atoms. The SMILES string of the molecule is CCCc1cccc(C(=S)c2ccc3c(c2)c(C2CCN4CCCCC4C2)cn3N)c1. The second kappa shape index (κ2) is 8.76. The summed E-state index contributed by atoms with van der Waals surface area (Å²) in [4.78, 5) is 3.64. The number of piperidine rings is 2. The Bertz CT molecular complexity index is 1100. The van der Waals surface area contributed by atoms with Crippen LogP contribution in [0.5, 0.6) is 0 Å². The number of aryl methyl sites for hydroxylation is 1. The molecule has 2 fully saturated rings. The summed E-state index contributed by atoms with van der Waals surface area (Å²) in [6, 6.07) is 16.0. The highest BCUT2D eigenvalue weighted by Crippen LogP contribution is 2.39. The summed E-state index contributed by atoms with van der Waals surface area (Å²) < 4.78 is 1.81. The number of nitrogen functional groups attached to an aromatic ring is 1. The summed E-state index contributed by atoms with van der Waals surface area (Å²) in [6.45, 7) is 4.72. The maximum Gasteiger partial charge on any atom is 0.0693 e. The third kappa shape index (κ3) is 4.04. The number of aromatic nitrogens is 1. The van der Waals surface area contributed by atoms with Crippen molar-refractivity contribution >= 4 is 28.0 Å². The van der Waals surface area contributed by atoms with E-state index < -0.39 is 0 Å². The Hall–Kier alpha value is -2.17. The van der Waals surface area contributed by atoms with Gasteiger partial charge in [-0.05, 0) is 85.5 Å². The first-order chi connectivity index (χ1) is 15.1. The molecule has 0 bridgehead atoms. The van der Waals surface area contributed by atoms with Crippen LogP contribution < -0.4 is 5.84 Å². The third-order valence-electron chi connectivity index (χ3n) is 7.36. The number of thiocarbonyl (C=S) groups is 1. The Morgan fingerprint density at radius 3 is 2.81 bits per heavy atom. The summed E-state index contributed by atoms with van der Waals surface area (Å²) >= 11 is 5.93. The van der Waals surface area contributed by atoms with Crippen LogP contribution in [-0.4, -0.2) is 33.6 Å². The minimum absolute atomic E-state index is 0.586. The van der Waals surface area contributed by atoms with Gasteiger partial charge in [-0.15, -0.1) is 0 Å². The molecule has 2 unspecified atom stereocenters. The van der Waals surface area contributed by atoms with Gasteiger partial charge in [-0.25, -0.2) is 0 Å². The topological polar surface area (TPSA) is 34.2 Å². The predicted molar refractivity (Wildman–Crippen MR) is 135 cm³/mol. The van der Waals surface area contributed by atoms with Gasteiger partial charge in [0.25, 0.3) is 0 Å². The van der Waals surface area contributed by atoms with Crippen molar-refractivity contribution in [3.63, 3.8) is 0 Å². The summed E-state index contributed by atoms with van der Waals surface area (Å²) in [5, 5.41) is 1.28. The van der Waals surface area contributed by atoms with E-state index in [0.717, 1.165) is 40.4 Å². The van der Waals surface area contributed by atoms with Gasteiger partial charge in [-0.3, -0.25) is 4.68 Å². The molecule has 2 aliphatic rings. The average Bonchev–Trinajstić information content (AvgIpc) is 3.14. The van der Waals surface area contributed by atoms with Crippen LogP contribution in [0.3, 0.4) is 0 Å². The van der Waals surface area contributed by atoms with Crippen LogP contribution in [0.1, 0.15) is 73.6 Å². The fraction of sp³-hybridized carbons (Fsp3) is 0.444. The first-order valence-electron chi connectivity index (χ1n) is 11.9. The van der Waals surface area contributed by atoms with E-state index in [-0.39, 0.29) is 0 Å². The van der Waals surface area contributed by atoms with Gasteiger partial charge in [-0.1, -0.05) is 62.3 Å². The van der Waals surface area contributed by atoms with E-state index >= 15 is 0 Å². The van der Waals surface area contributed by atoms with Crippen molar-refractivity contribution < 1.29 is 0 Å². The lowest BCUT2D eigenvalue weighted by Crippen LogP contribution is -2.44. The predicted octanol–water partition coefficient (Wildman–Crippen LogP) is 5.81. The number of hydrogen-bond donors (Lipinski definition) is 1. The Morgan fingerprint density at radius 2 is 1.94 bits per heavy atom. The van der Waals surface area contributed by atoms with Crippen molar-refractivity contribution in [2.45, 2.75) is 63.8 Å². The zero-order valence-corrected chi connectivity index (χ0v) is 19.3. The number of fused-ring (bicyclic) bond motifs is 2. The molecule has 4 heteroatoms. The second-order valence-electron chi connectivity index (χ2n) is 9.41. The molecule has 2 aromatic carbocycles. The molecule has 0 amide bonds. The van der Waals surface area contributed by atoms with Gasteiger partial charge < -0.3 is 10.7 Å². The monoisotopic (exact) mass is 431 g/mol. The number of nitrogens with zero attached hydrogens (tertiary/aromatic N) is 2. The van der Waals surface area contributed by atoms with Crippen LogP contribution in [0.25, 0.3) is 10.9 Å². The average molecular weight is 432 g/mol. The van der Waals surface area contributed by atoms with E-state index in [2.05, 4.69) is 60.5 Å². The molecule has 2 saturated heterocycles. The van der Waals surface area contributed by atoms with Crippen LogP contribution in [0.4, 0.5) is 0 Å². The summed E-state index contributed by atoms with van der Waals surface area (Å²) in [6.07, 6.45) is 11.0. The normalized spacial score (nSPS) is 21.8. The Kier molecular flexibility index (Phi) is 5.85. The smallest absolute Gasteiger partial charge is 0.0693 e. The number of benzene rings is 2. The van der Waals surface area contributed by atoms with Crippen molar-refractivity contribution in [3.8, 4) is 0 Å². The van der Waals surface area contributed by atoms with Crippen molar-refractivity contribution in [1.82, 2.24) is 9.58 Å². The zero-order chi connectivity index (χ0) is 21.4. The summed E-state index contributed by atoms with van der Waals surface area (Å²) in [7, 11) is 0. The van der Waals surface area contributed by atoms with E-state index in [0.29, 0.717) is 5.92 Å². The zero-order valence-electron chi connectivity index (χ0n) is 18.5. The molecule has 2 N–H and O–H groups in total. The van der Waals surface area contributed by atoms with Crippen molar-refractivity contribution in [3.05, 3.63) is 70.9 Å². The van der Waals surface area contributed by atoms with Crippen LogP contribution in [-0.2, 0) is 6.42 Å². The fourth-order valence-corrected chi connectivity index (χ4v) is 6.00. The second-order valence-corrected chi connectivity index (χ2v) is 9.82. The first-order valence-corrected chi connectivity index (χ1v) is 12.3. The van der Waals surface area contributed by atoms with E-state index in [1.807, 2.05) is 4.68 Å². The molecular formula is C27H33N3S. The van der Waals surface area contributed by atoms with Crippen molar-refractivity contribution in [1.29, 1.82) is 0 Å². The van der Waals surface area contributed by atoms with E-state index in [9.17, 15) is 0 Å². The lowest BCUT2D eigenvalue weighted by atomic mass is 9.82. The van der Waals surface area contributed by atoms with Gasteiger partial charge in [0, 0.05) is 17.6 Å². The first kappa shape index (κ1) is 20.7. The van der Waals surface area contributed by atoms with Gasteiger partial charge in [0.15, 0.2) is 0 Å². The minimum Gasteiger partial charge on any atom is -0.339 e. The maximum absolute atomic E-state index is 6.38. The number of hydrogen-bond acceptors (Lipinski definition) is 3. The highest BCUT2D eigenvalue weighted by Gasteiger charge is 2.32. The van der Waals surface area contributed by atoms with Gasteiger partial charge >= 0.3 is 0 Å². The molecule has 0 aliphatic carbocycles. The van der Waals surface area contributed by atoms with Gasteiger partial charge in [0.1, 0.15) is 0 Å². The molecule has 0 radical (unpaired) electrons. The molecule has 1 aromatic heterocycles. The highest BCUT2D eigenvalue weighted by molar-refractivity contribution is 7.81. The van der Waals surface area contributed by atoms with Crippen LogP contribution in [0, 0.1) is 0 Å². The van der Waals surface area contributed by atoms with E-state index in [4.69, 9.17) is 18.1 Å². The van der Waals surface area contributed by atoms with E-state index in [1.165, 1.54) is 61.7 Å². The molecule has 2 aliphatic heterocycles. The largest absolute Gasteiger partial charge is 0.339 e.